The molecule has 20 heavy (non-hydrogen) atoms. The zero-order valence-corrected chi connectivity index (χ0v) is 11.4. The molecule has 5 nitrogen and oxygen atoms in total. The van der Waals surface area contributed by atoms with Crippen molar-refractivity contribution in [3.8, 4) is 0 Å². The molecule has 3 aromatic rings. The lowest BCUT2D eigenvalue weighted by Crippen LogP contribution is -2.13. The quantitative estimate of drug-likeness (QED) is 0.580. The smallest absolute Gasteiger partial charge is 0.365 e. The molecule has 2 aromatic heterocycles. The summed E-state index contributed by atoms with van der Waals surface area (Å²) in [5, 5.41) is 0.722. The standard InChI is InChI=1S/C14H10N2O3S/c1-8-12(16-7-20-8)14(18)19-13(17)10-6-15-11-5-3-2-4-9(10)11/h2-7,15H,1H3. The van der Waals surface area contributed by atoms with Crippen LogP contribution >= 0.6 is 11.3 Å². The number of hydrogen-bond donors (Lipinski definition) is 1. The van der Waals surface area contributed by atoms with Crippen LogP contribution in [0.15, 0.2) is 36.0 Å². The van der Waals surface area contributed by atoms with Crippen LogP contribution in [0.4, 0.5) is 0 Å². The van der Waals surface area contributed by atoms with Crippen molar-refractivity contribution in [2.45, 2.75) is 6.92 Å². The summed E-state index contributed by atoms with van der Waals surface area (Å²) < 4.78 is 4.87. The van der Waals surface area contributed by atoms with Crippen LogP contribution in [0.3, 0.4) is 0 Å². The highest BCUT2D eigenvalue weighted by molar-refractivity contribution is 7.09. The lowest BCUT2D eigenvalue weighted by atomic mass is 10.2. The van der Waals surface area contributed by atoms with Gasteiger partial charge in [0.1, 0.15) is 0 Å². The highest BCUT2D eigenvalue weighted by Crippen LogP contribution is 2.19. The molecule has 0 atom stereocenters. The summed E-state index contributed by atoms with van der Waals surface area (Å²) in [5.74, 6) is -1.40. The summed E-state index contributed by atoms with van der Waals surface area (Å²) in [5.41, 5.74) is 2.88. The molecule has 0 aliphatic heterocycles. The van der Waals surface area contributed by atoms with Crippen molar-refractivity contribution >= 4 is 34.2 Å². The molecule has 0 amide bonds. The van der Waals surface area contributed by atoms with Crippen LogP contribution in [-0.4, -0.2) is 21.9 Å². The van der Waals surface area contributed by atoms with Crippen LogP contribution in [0.25, 0.3) is 10.9 Å². The molecule has 2 heterocycles. The highest BCUT2D eigenvalue weighted by Gasteiger charge is 2.20. The number of benzene rings is 1. The Bertz CT molecular complexity index is 803. The minimum Gasteiger partial charge on any atom is -0.384 e. The van der Waals surface area contributed by atoms with E-state index in [1.807, 2.05) is 18.2 Å². The number of ether oxygens (including phenoxy) is 1. The second kappa shape index (κ2) is 4.90. The van der Waals surface area contributed by atoms with Crippen LogP contribution in [0.1, 0.15) is 25.7 Å². The number of hydrogen-bond acceptors (Lipinski definition) is 5. The van der Waals surface area contributed by atoms with E-state index >= 15 is 0 Å². The van der Waals surface area contributed by atoms with E-state index < -0.39 is 11.9 Å². The third kappa shape index (κ3) is 2.10. The molecule has 0 aliphatic rings. The zero-order chi connectivity index (χ0) is 14.1. The van der Waals surface area contributed by atoms with Crippen LogP contribution in [-0.2, 0) is 4.74 Å². The van der Waals surface area contributed by atoms with Crippen LogP contribution in [0.5, 0.6) is 0 Å². The molecular formula is C14H10N2O3S. The van der Waals surface area contributed by atoms with Crippen molar-refractivity contribution < 1.29 is 14.3 Å². The molecule has 100 valence electrons. The molecule has 0 saturated heterocycles. The van der Waals surface area contributed by atoms with Gasteiger partial charge < -0.3 is 9.72 Å². The van der Waals surface area contributed by atoms with Crippen molar-refractivity contribution in [1.29, 1.82) is 0 Å². The maximum absolute atomic E-state index is 12.0. The van der Waals surface area contributed by atoms with E-state index in [1.165, 1.54) is 17.5 Å². The summed E-state index contributed by atoms with van der Waals surface area (Å²) in [4.78, 5) is 31.5. The number of fused-ring (bicyclic) bond motifs is 1. The molecule has 1 aromatic carbocycles. The van der Waals surface area contributed by atoms with Gasteiger partial charge in [0, 0.05) is 22.0 Å². The summed E-state index contributed by atoms with van der Waals surface area (Å²) >= 11 is 1.33. The second-order valence-corrected chi connectivity index (χ2v) is 5.24. The van der Waals surface area contributed by atoms with Crippen molar-refractivity contribution in [1.82, 2.24) is 9.97 Å². The minimum absolute atomic E-state index is 0.184. The fourth-order valence-electron chi connectivity index (χ4n) is 1.93. The minimum atomic E-state index is -0.723. The first kappa shape index (κ1) is 12.6. The molecule has 0 aliphatic carbocycles. The monoisotopic (exact) mass is 286 g/mol. The van der Waals surface area contributed by atoms with Gasteiger partial charge in [-0.1, -0.05) is 18.2 Å². The average molecular weight is 286 g/mol. The van der Waals surface area contributed by atoms with Gasteiger partial charge in [0.2, 0.25) is 0 Å². The number of aryl methyl sites for hydroxylation is 1. The number of H-pyrrole nitrogens is 1. The first-order valence-electron chi connectivity index (χ1n) is 5.89. The normalized spacial score (nSPS) is 10.7. The van der Waals surface area contributed by atoms with Gasteiger partial charge in [-0.25, -0.2) is 14.6 Å². The zero-order valence-electron chi connectivity index (χ0n) is 10.5. The number of carbonyl (C=O) groups is 2. The molecular weight excluding hydrogens is 276 g/mol. The first-order chi connectivity index (χ1) is 9.66. The van der Waals surface area contributed by atoms with Gasteiger partial charge in [0.05, 0.1) is 11.1 Å². The number of rotatable bonds is 2. The molecule has 0 bridgehead atoms. The average Bonchev–Trinajstić information content (AvgIpc) is 3.04. The van der Waals surface area contributed by atoms with E-state index in [1.54, 1.807) is 18.5 Å². The number of carbonyl (C=O) groups excluding carboxylic acids is 2. The molecule has 0 saturated carbocycles. The van der Waals surface area contributed by atoms with E-state index in [0.29, 0.717) is 5.56 Å². The lowest BCUT2D eigenvalue weighted by Gasteiger charge is -2.00. The Kier molecular flexibility index (Phi) is 3.08. The third-order valence-corrected chi connectivity index (χ3v) is 3.69. The topological polar surface area (TPSA) is 72.0 Å². The van der Waals surface area contributed by atoms with Gasteiger partial charge in [-0.2, -0.15) is 0 Å². The molecule has 3 rings (SSSR count). The fraction of sp³-hybridized carbons (Fsp3) is 0.0714. The fourth-order valence-corrected chi connectivity index (χ4v) is 2.49. The molecule has 0 fully saturated rings. The third-order valence-electron chi connectivity index (χ3n) is 2.93. The SMILES string of the molecule is Cc1scnc1C(=O)OC(=O)c1c[nH]c2ccccc12. The van der Waals surface area contributed by atoms with Crippen molar-refractivity contribution in [2.24, 2.45) is 0 Å². The maximum Gasteiger partial charge on any atom is 0.365 e. The summed E-state index contributed by atoms with van der Waals surface area (Å²) in [7, 11) is 0. The number of nitrogens with zero attached hydrogens (tertiary/aromatic N) is 1. The van der Waals surface area contributed by atoms with E-state index in [4.69, 9.17) is 4.74 Å². The second-order valence-electron chi connectivity index (χ2n) is 4.18. The van der Waals surface area contributed by atoms with Crippen molar-refractivity contribution in [3.63, 3.8) is 0 Å². The molecule has 0 radical (unpaired) electrons. The van der Waals surface area contributed by atoms with E-state index in [2.05, 4.69) is 9.97 Å². The lowest BCUT2D eigenvalue weighted by molar-refractivity contribution is 0.0395. The Labute approximate surface area is 118 Å². The first-order valence-corrected chi connectivity index (χ1v) is 6.77. The van der Waals surface area contributed by atoms with Crippen LogP contribution in [0, 0.1) is 6.92 Å². The molecule has 0 unspecified atom stereocenters. The van der Waals surface area contributed by atoms with Gasteiger partial charge in [-0.15, -0.1) is 11.3 Å². The number of aromatic nitrogens is 2. The maximum atomic E-state index is 12.0. The number of thiazole rings is 1. The van der Waals surface area contributed by atoms with Gasteiger partial charge in [0.15, 0.2) is 5.69 Å². The predicted molar refractivity (Wildman–Crippen MR) is 74.9 cm³/mol. The van der Waals surface area contributed by atoms with Crippen LogP contribution < -0.4 is 0 Å². The Morgan fingerprint density at radius 1 is 1.25 bits per heavy atom. The highest BCUT2D eigenvalue weighted by atomic mass is 32.1. The number of esters is 2. The Morgan fingerprint density at radius 2 is 2.05 bits per heavy atom. The van der Waals surface area contributed by atoms with E-state index in [9.17, 15) is 9.59 Å². The molecule has 1 N–H and O–H groups in total. The summed E-state index contributed by atoms with van der Waals surface area (Å²) in [6, 6.07) is 7.32. The number of para-hydroxylation sites is 1. The summed E-state index contributed by atoms with van der Waals surface area (Å²) in [6.07, 6.45) is 1.54. The van der Waals surface area contributed by atoms with Gasteiger partial charge >= 0.3 is 11.9 Å². The van der Waals surface area contributed by atoms with E-state index in [0.717, 1.165) is 15.8 Å². The predicted octanol–water partition coefficient (Wildman–Crippen LogP) is 2.93. The Balaban J connectivity index is 1.87. The van der Waals surface area contributed by atoms with Crippen molar-refractivity contribution in [2.75, 3.05) is 0 Å². The number of aromatic amines is 1. The van der Waals surface area contributed by atoms with Gasteiger partial charge in [0.25, 0.3) is 0 Å². The molecule has 0 spiro atoms. The summed E-state index contributed by atoms with van der Waals surface area (Å²) in [6.45, 7) is 1.75. The van der Waals surface area contributed by atoms with Crippen molar-refractivity contribution in [3.05, 3.63) is 52.1 Å². The van der Waals surface area contributed by atoms with E-state index in [-0.39, 0.29) is 5.69 Å². The Morgan fingerprint density at radius 3 is 2.80 bits per heavy atom. The number of nitrogens with one attached hydrogen (secondary N) is 1. The van der Waals surface area contributed by atoms with Crippen LogP contribution in [0.2, 0.25) is 0 Å². The van der Waals surface area contributed by atoms with Gasteiger partial charge in [-0.3, -0.25) is 0 Å². The molecule has 6 heteroatoms. The Hall–Kier alpha value is -2.47. The van der Waals surface area contributed by atoms with Gasteiger partial charge in [-0.05, 0) is 13.0 Å². The largest absolute Gasteiger partial charge is 0.384 e.